The minimum atomic E-state index is -0.842. The van der Waals surface area contributed by atoms with E-state index in [4.69, 9.17) is 10.2 Å². The molecular formula is C11H13N5O6. The molecule has 0 unspecified atom stereocenters. The summed E-state index contributed by atoms with van der Waals surface area (Å²) in [6, 6.07) is 2.06. The van der Waals surface area contributed by atoms with Crippen LogP contribution in [0.5, 0.6) is 0 Å². The van der Waals surface area contributed by atoms with Crippen molar-refractivity contribution in [1.82, 2.24) is 9.97 Å². The van der Waals surface area contributed by atoms with Gasteiger partial charge in [-0.1, -0.05) is 0 Å². The van der Waals surface area contributed by atoms with Gasteiger partial charge in [0.1, 0.15) is 0 Å². The molecule has 0 saturated carbocycles. The van der Waals surface area contributed by atoms with E-state index in [2.05, 4.69) is 9.97 Å². The van der Waals surface area contributed by atoms with Crippen LogP contribution in [0.4, 0.5) is 17.3 Å². The first-order valence-corrected chi connectivity index (χ1v) is 6.27. The topological polar surface area (TPSA) is 159 Å². The van der Waals surface area contributed by atoms with Crippen molar-refractivity contribution in [2.24, 2.45) is 0 Å². The van der Waals surface area contributed by atoms with Crippen LogP contribution in [0.3, 0.4) is 0 Å². The summed E-state index contributed by atoms with van der Waals surface area (Å²) < 4.78 is 0. The van der Waals surface area contributed by atoms with Crippen LogP contribution in [0.1, 0.15) is 0 Å². The Balaban J connectivity index is 2.53. The van der Waals surface area contributed by atoms with Crippen LogP contribution in [0, 0.1) is 20.2 Å². The van der Waals surface area contributed by atoms with E-state index >= 15 is 0 Å². The van der Waals surface area contributed by atoms with Crippen molar-refractivity contribution >= 4 is 28.4 Å². The van der Waals surface area contributed by atoms with Crippen LogP contribution in [0.2, 0.25) is 0 Å². The van der Waals surface area contributed by atoms with E-state index in [9.17, 15) is 20.2 Å². The molecule has 0 atom stereocenters. The molecule has 0 spiro atoms. The Labute approximate surface area is 123 Å². The fourth-order valence-corrected chi connectivity index (χ4v) is 2.03. The number of hydrogen-bond donors (Lipinski definition) is 3. The van der Waals surface area contributed by atoms with Crippen LogP contribution < -0.4 is 4.90 Å². The van der Waals surface area contributed by atoms with E-state index in [-0.39, 0.29) is 43.3 Å². The highest BCUT2D eigenvalue weighted by Gasteiger charge is 2.26. The summed E-state index contributed by atoms with van der Waals surface area (Å²) in [4.78, 5) is 28.6. The molecule has 11 nitrogen and oxygen atoms in total. The molecule has 0 amide bonds. The first kappa shape index (κ1) is 15.6. The zero-order valence-electron chi connectivity index (χ0n) is 11.3. The number of aliphatic hydroxyl groups is 2. The summed E-state index contributed by atoms with van der Waals surface area (Å²) in [6.45, 7) is 0.00379. The van der Waals surface area contributed by atoms with Gasteiger partial charge in [-0.05, 0) is 0 Å². The fourth-order valence-electron chi connectivity index (χ4n) is 2.03. The van der Waals surface area contributed by atoms with Crippen molar-refractivity contribution in [3.8, 4) is 0 Å². The molecular weight excluding hydrogens is 298 g/mol. The van der Waals surface area contributed by atoms with Gasteiger partial charge < -0.3 is 20.1 Å². The highest BCUT2D eigenvalue weighted by molar-refractivity contribution is 5.84. The lowest BCUT2D eigenvalue weighted by Crippen LogP contribution is -2.30. The van der Waals surface area contributed by atoms with E-state index in [0.29, 0.717) is 0 Å². The van der Waals surface area contributed by atoms with E-state index in [1.165, 1.54) is 4.90 Å². The molecule has 22 heavy (non-hydrogen) atoms. The lowest BCUT2D eigenvalue weighted by molar-refractivity contribution is -0.422. The molecule has 0 bridgehead atoms. The number of nitrogens with one attached hydrogen (secondary N) is 1. The largest absolute Gasteiger partial charge is 0.395 e. The molecule has 0 fully saturated rings. The molecule has 2 aromatic rings. The third-order valence-corrected chi connectivity index (χ3v) is 3.00. The number of aromatic amines is 1. The number of aliphatic hydroxyl groups excluding tert-OH is 2. The maximum atomic E-state index is 10.9. The molecule has 11 heteroatoms. The molecule has 3 N–H and O–H groups in total. The standard InChI is InChI=1S/C11H13N5O6/c17-3-1-14(2-4-18)11-12-7-5-9(15(19)20)10(16(21)22)6-8(7)13-11/h5-6,17-18H,1-4H2,(H,12,13). The van der Waals surface area contributed by atoms with Crippen LogP contribution in [-0.4, -0.2) is 56.3 Å². The van der Waals surface area contributed by atoms with Crippen molar-refractivity contribution in [2.45, 2.75) is 0 Å². The summed E-state index contributed by atoms with van der Waals surface area (Å²) in [5.74, 6) is 0.257. The number of imidazole rings is 1. The van der Waals surface area contributed by atoms with Gasteiger partial charge in [0.05, 0.1) is 40.2 Å². The van der Waals surface area contributed by atoms with E-state index in [1.54, 1.807) is 0 Å². The molecule has 1 heterocycles. The van der Waals surface area contributed by atoms with Gasteiger partial charge in [0.25, 0.3) is 0 Å². The molecule has 1 aromatic carbocycles. The Morgan fingerprint density at radius 1 is 1.09 bits per heavy atom. The average molecular weight is 311 g/mol. The zero-order chi connectivity index (χ0) is 16.3. The molecule has 118 valence electrons. The normalized spacial score (nSPS) is 10.8. The lowest BCUT2D eigenvalue weighted by Gasteiger charge is -2.19. The molecule has 0 radical (unpaired) electrons. The second kappa shape index (κ2) is 6.32. The second-order valence-corrected chi connectivity index (χ2v) is 4.37. The van der Waals surface area contributed by atoms with Gasteiger partial charge in [0.2, 0.25) is 5.95 Å². The number of nitro groups is 2. The van der Waals surface area contributed by atoms with Gasteiger partial charge in [-0.15, -0.1) is 0 Å². The SMILES string of the molecule is O=[N+]([O-])c1cc2nc(N(CCO)CCO)[nH]c2cc1[N+](=O)[O-]. The Bertz CT molecular complexity index is 657. The minimum Gasteiger partial charge on any atom is -0.395 e. The maximum Gasteiger partial charge on any atom is 0.348 e. The summed E-state index contributed by atoms with van der Waals surface area (Å²) in [5, 5.41) is 39.8. The van der Waals surface area contributed by atoms with Crippen LogP contribution in [0.25, 0.3) is 11.0 Å². The van der Waals surface area contributed by atoms with E-state index in [1.807, 2.05) is 0 Å². The Hall–Kier alpha value is -2.79. The molecule has 1 aromatic heterocycles. The molecule has 0 aliphatic heterocycles. The third kappa shape index (κ3) is 2.94. The van der Waals surface area contributed by atoms with Crippen molar-refractivity contribution in [3.05, 3.63) is 32.4 Å². The van der Waals surface area contributed by atoms with Gasteiger partial charge in [-0.25, -0.2) is 4.98 Å². The lowest BCUT2D eigenvalue weighted by atomic mass is 10.2. The molecule has 2 rings (SSSR count). The van der Waals surface area contributed by atoms with E-state index < -0.39 is 21.2 Å². The quantitative estimate of drug-likeness (QED) is 0.482. The number of rotatable bonds is 7. The number of anilines is 1. The average Bonchev–Trinajstić information content (AvgIpc) is 2.88. The number of fused-ring (bicyclic) bond motifs is 1. The summed E-state index contributed by atoms with van der Waals surface area (Å²) in [6.07, 6.45) is 0. The summed E-state index contributed by atoms with van der Waals surface area (Å²) in [7, 11) is 0. The fraction of sp³-hybridized carbons (Fsp3) is 0.364. The molecule has 0 aliphatic rings. The van der Waals surface area contributed by atoms with Crippen molar-refractivity contribution in [2.75, 3.05) is 31.2 Å². The predicted octanol–water partition coefficient (Wildman–Crippen LogP) is 0.170. The Morgan fingerprint density at radius 3 is 2.14 bits per heavy atom. The second-order valence-electron chi connectivity index (χ2n) is 4.37. The highest BCUT2D eigenvalue weighted by atomic mass is 16.6. The van der Waals surface area contributed by atoms with Crippen LogP contribution >= 0.6 is 0 Å². The third-order valence-electron chi connectivity index (χ3n) is 3.00. The summed E-state index contributed by atoms with van der Waals surface area (Å²) in [5.41, 5.74) is -0.837. The van der Waals surface area contributed by atoms with Crippen molar-refractivity contribution < 1.29 is 20.1 Å². The van der Waals surface area contributed by atoms with Crippen molar-refractivity contribution in [1.29, 1.82) is 0 Å². The van der Waals surface area contributed by atoms with Crippen LogP contribution in [0.15, 0.2) is 12.1 Å². The van der Waals surface area contributed by atoms with Crippen molar-refractivity contribution in [3.63, 3.8) is 0 Å². The summed E-state index contributed by atoms with van der Waals surface area (Å²) >= 11 is 0. The van der Waals surface area contributed by atoms with Gasteiger partial charge in [-0.3, -0.25) is 20.2 Å². The number of H-pyrrole nitrogens is 1. The van der Waals surface area contributed by atoms with Gasteiger partial charge in [0, 0.05) is 19.2 Å². The Morgan fingerprint density at radius 2 is 1.64 bits per heavy atom. The first-order valence-electron chi connectivity index (χ1n) is 6.27. The number of nitrogens with zero attached hydrogens (tertiary/aromatic N) is 4. The van der Waals surface area contributed by atoms with E-state index in [0.717, 1.165) is 12.1 Å². The number of benzene rings is 1. The molecule has 0 aliphatic carbocycles. The zero-order valence-corrected chi connectivity index (χ0v) is 11.3. The highest BCUT2D eigenvalue weighted by Crippen LogP contribution is 2.31. The van der Waals surface area contributed by atoms with Gasteiger partial charge in [-0.2, -0.15) is 0 Å². The first-order chi connectivity index (χ1) is 10.5. The Kier molecular flexibility index (Phi) is 4.48. The monoisotopic (exact) mass is 311 g/mol. The number of nitro benzene ring substituents is 2. The number of aromatic nitrogens is 2. The molecule has 0 saturated heterocycles. The number of hydrogen-bond acceptors (Lipinski definition) is 8. The maximum absolute atomic E-state index is 10.9. The van der Waals surface area contributed by atoms with Crippen LogP contribution in [-0.2, 0) is 0 Å². The minimum absolute atomic E-state index is 0.183. The smallest absolute Gasteiger partial charge is 0.348 e. The van der Waals surface area contributed by atoms with Gasteiger partial charge in [0.15, 0.2) is 0 Å². The predicted molar refractivity (Wildman–Crippen MR) is 75.8 cm³/mol. The van der Waals surface area contributed by atoms with Gasteiger partial charge >= 0.3 is 11.4 Å².